The minimum atomic E-state index is -0.0614. The zero-order chi connectivity index (χ0) is 12.0. The molecule has 1 amide bonds. The Morgan fingerprint density at radius 2 is 2.06 bits per heavy atom. The third kappa shape index (κ3) is 3.25. The number of allylic oxidation sites excluding steroid dienone is 1. The molecule has 3 heteroatoms. The number of amides is 1. The summed E-state index contributed by atoms with van der Waals surface area (Å²) in [4.78, 5) is 11.2. The molecule has 82 valence electrons. The summed E-state index contributed by atoms with van der Waals surface area (Å²) in [6.07, 6.45) is 2.57. The van der Waals surface area contributed by atoms with Crippen LogP contribution in [0.3, 0.4) is 0 Å². The van der Waals surface area contributed by atoms with Gasteiger partial charge in [0.1, 0.15) is 0 Å². The van der Waals surface area contributed by atoms with Gasteiger partial charge in [0.2, 0.25) is 5.91 Å². The molecule has 0 saturated carbocycles. The van der Waals surface area contributed by atoms with Gasteiger partial charge >= 0.3 is 0 Å². The Bertz CT molecular complexity index is 438. The second-order valence-corrected chi connectivity index (χ2v) is 3.48. The van der Waals surface area contributed by atoms with E-state index < -0.39 is 0 Å². The molecular formula is C13H14N2O. The quantitative estimate of drug-likeness (QED) is 0.780. The lowest BCUT2D eigenvalue weighted by molar-refractivity contribution is -0.117. The lowest BCUT2D eigenvalue weighted by Gasteiger charge is -2.00. The van der Waals surface area contributed by atoms with Gasteiger partial charge in [0, 0.05) is 12.6 Å². The first-order chi connectivity index (χ1) is 7.67. The molecule has 3 nitrogen and oxygen atoms in total. The van der Waals surface area contributed by atoms with Gasteiger partial charge in [-0.2, -0.15) is 5.26 Å². The summed E-state index contributed by atoms with van der Waals surface area (Å²) < 4.78 is 0. The average Bonchev–Trinajstić information content (AvgIpc) is 2.35. The summed E-state index contributed by atoms with van der Waals surface area (Å²) in [6.45, 7) is 1.78. The summed E-state index contributed by atoms with van der Waals surface area (Å²) >= 11 is 0. The number of carbonyl (C=O) groups is 1. The van der Waals surface area contributed by atoms with E-state index in [0.29, 0.717) is 17.6 Å². The molecule has 0 aliphatic rings. The van der Waals surface area contributed by atoms with Crippen LogP contribution in [-0.4, -0.2) is 13.0 Å². The molecule has 0 atom stereocenters. The monoisotopic (exact) mass is 214 g/mol. The zero-order valence-electron chi connectivity index (χ0n) is 9.45. The molecule has 0 aliphatic carbocycles. The molecule has 0 unspecified atom stereocenters. The third-order valence-corrected chi connectivity index (χ3v) is 2.31. The molecular weight excluding hydrogens is 200 g/mol. The maximum absolute atomic E-state index is 11.2. The minimum Gasteiger partial charge on any atom is -0.355 e. The van der Waals surface area contributed by atoms with Crippen LogP contribution in [0.4, 0.5) is 0 Å². The van der Waals surface area contributed by atoms with Crippen molar-refractivity contribution in [3.63, 3.8) is 0 Å². The first-order valence-electron chi connectivity index (χ1n) is 5.05. The largest absolute Gasteiger partial charge is 0.355 e. The van der Waals surface area contributed by atoms with Gasteiger partial charge in [0.15, 0.2) is 0 Å². The third-order valence-electron chi connectivity index (χ3n) is 2.31. The van der Waals surface area contributed by atoms with Crippen molar-refractivity contribution in [1.29, 1.82) is 5.26 Å². The van der Waals surface area contributed by atoms with Crippen LogP contribution in [0.2, 0.25) is 0 Å². The summed E-state index contributed by atoms with van der Waals surface area (Å²) in [5.74, 6) is -0.0614. The summed E-state index contributed by atoms with van der Waals surface area (Å²) in [6, 6.07) is 9.41. The normalized spacial score (nSPS) is 10.7. The van der Waals surface area contributed by atoms with Crippen molar-refractivity contribution in [1.82, 2.24) is 5.32 Å². The molecule has 0 aromatic heterocycles. The molecule has 16 heavy (non-hydrogen) atoms. The van der Waals surface area contributed by atoms with Crippen molar-refractivity contribution < 1.29 is 4.79 Å². The highest BCUT2D eigenvalue weighted by atomic mass is 16.1. The van der Waals surface area contributed by atoms with E-state index >= 15 is 0 Å². The topological polar surface area (TPSA) is 52.9 Å². The molecule has 0 heterocycles. The number of hydrogen-bond acceptors (Lipinski definition) is 2. The van der Waals surface area contributed by atoms with Crippen molar-refractivity contribution in [3.8, 4) is 6.07 Å². The van der Waals surface area contributed by atoms with Gasteiger partial charge in [0.05, 0.1) is 11.6 Å². The Balaban J connectivity index is 2.68. The Morgan fingerprint density at radius 1 is 1.44 bits per heavy atom. The minimum absolute atomic E-state index is 0.0614. The number of nitrogens with one attached hydrogen (secondary N) is 1. The molecule has 0 spiro atoms. The van der Waals surface area contributed by atoms with Crippen LogP contribution < -0.4 is 5.32 Å². The van der Waals surface area contributed by atoms with Crippen LogP contribution in [0.25, 0.3) is 0 Å². The van der Waals surface area contributed by atoms with Gasteiger partial charge in [-0.3, -0.25) is 4.79 Å². The van der Waals surface area contributed by atoms with Gasteiger partial charge in [0.25, 0.3) is 0 Å². The molecule has 0 bridgehead atoms. The Hall–Kier alpha value is -2.08. The van der Waals surface area contributed by atoms with Crippen LogP contribution in [0, 0.1) is 11.3 Å². The van der Waals surface area contributed by atoms with E-state index in [-0.39, 0.29) is 5.91 Å². The fourth-order valence-electron chi connectivity index (χ4n) is 1.28. The van der Waals surface area contributed by atoms with E-state index in [4.69, 9.17) is 5.26 Å². The highest BCUT2D eigenvalue weighted by Crippen LogP contribution is 2.06. The van der Waals surface area contributed by atoms with Crippen molar-refractivity contribution in [2.75, 3.05) is 7.05 Å². The van der Waals surface area contributed by atoms with Crippen molar-refractivity contribution in [3.05, 3.63) is 47.0 Å². The maximum Gasteiger partial charge on any atom is 0.246 e. The fourth-order valence-corrected chi connectivity index (χ4v) is 1.28. The standard InChI is InChI=1S/C13H14N2O/c1-10(13(16)15-2)3-4-11-5-7-12(9-14)8-6-11/h3,5-8H,4H2,1-2H3,(H,15,16)/b10-3+. The Kier molecular flexibility index (Phi) is 4.28. The average molecular weight is 214 g/mol. The number of benzene rings is 1. The fraction of sp³-hybridized carbons (Fsp3) is 0.231. The van der Waals surface area contributed by atoms with Gasteiger partial charge in [-0.1, -0.05) is 18.2 Å². The van der Waals surface area contributed by atoms with Crippen LogP contribution in [-0.2, 0) is 11.2 Å². The lowest BCUT2D eigenvalue weighted by atomic mass is 10.1. The van der Waals surface area contributed by atoms with E-state index in [1.54, 1.807) is 26.1 Å². The van der Waals surface area contributed by atoms with Crippen LogP contribution >= 0.6 is 0 Å². The SMILES string of the molecule is CNC(=O)/C(C)=C/Cc1ccc(C#N)cc1. The van der Waals surface area contributed by atoms with Gasteiger partial charge in [-0.25, -0.2) is 0 Å². The van der Waals surface area contributed by atoms with Gasteiger partial charge in [-0.05, 0) is 31.0 Å². The summed E-state index contributed by atoms with van der Waals surface area (Å²) in [5, 5.41) is 11.2. The Labute approximate surface area is 95.4 Å². The second kappa shape index (κ2) is 5.72. The van der Waals surface area contributed by atoms with Gasteiger partial charge in [-0.15, -0.1) is 0 Å². The highest BCUT2D eigenvalue weighted by Gasteiger charge is 1.99. The van der Waals surface area contributed by atoms with Crippen molar-refractivity contribution >= 4 is 5.91 Å². The van der Waals surface area contributed by atoms with E-state index in [1.807, 2.05) is 18.2 Å². The first-order valence-corrected chi connectivity index (χ1v) is 5.05. The number of nitrogens with zero attached hydrogens (tertiary/aromatic N) is 1. The summed E-state index contributed by atoms with van der Waals surface area (Å²) in [5.41, 5.74) is 2.44. The molecule has 1 N–H and O–H groups in total. The van der Waals surface area contributed by atoms with Gasteiger partial charge < -0.3 is 5.32 Å². The predicted octanol–water partition coefficient (Wildman–Crippen LogP) is 1.79. The van der Waals surface area contributed by atoms with E-state index in [0.717, 1.165) is 5.56 Å². The number of nitriles is 1. The molecule has 0 saturated heterocycles. The lowest BCUT2D eigenvalue weighted by Crippen LogP contribution is -2.18. The van der Waals surface area contributed by atoms with E-state index in [9.17, 15) is 4.79 Å². The molecule has 1 rings (SSSR count). The Morgan fingerprint density at radius 3 is 2.56 bits per heavy atom. The smallest absolute Gasteiger partial charge is 0.246 e. The first kappa shape index (κ1) is 12.0. The summed E-state index contributed by atoms with van der Waals surface area (Å²) in [7, 11) is 1.61. The van der Waals surface area contributed by atoms with Crippen LogP contribution in [0.1, 0.15) is 18.1 Å². The second-order valence-electron chi connectivity index (χ2n) is 3.48. The predicted molar refractivity (Wildman–Crippen MR) is 62.7 cm³/mol. The van der Waals surface area contributed by atoms with E-state index in [2.05, 4.69) is 11.4 Å². The zero-order valence-corrected chi connectivity index (χ0v) is 9.45. The molecule has 0 fully saturated rings. The highest BCUT2D eigenvalue weighted by molar-refractivity contribution is 5.92. The number of hydrogen-bond donors (Lipinski definition) is 1. The number of rotatable bonds is 3. The molecule has 0 radical (unpaired) electrons. The molecule has 1 aromatic rings. The molecule has 0 aliphatic heterocycles. The van der Waals surface area contributed by atoms with Crippen LogP contribution in [0.5, 0.6) is 0 Å². The maximum atomic E-state index is 11.2. The van der Waals surface area contributed by atoms with Crippen molar-refractivity contribution in [2.24, 2.45) is 0 Å². The number of carbonyl (C=O) groups excluding carboxylic acids is 1. The van der Waals surface area contributed by atoms with E-state index in [1.165, 1.54) is 0 Å². The van der Waals surface area contributed by atoms with Crippen molar-refractivity contribution in [2.45, 2.75) is 13.3 Å². The molecule has 1 aromatic carbocycles. The van der Waals surface area contributed by atoms with Crippen LogP contribution in [0.15, 0.2) is 35.9 Å². The number of likely N-dealkylation sites (N-methyl/N-ethyl adjacent to an activating group) is 1.